The molecule has 3 N–H and O–H groups in total. The number of para-hydroxylation sites is 2. The first-order chi connectivity index (χ1) is 22.7. The predicted octanol–water partition coefficient (Wildman–Crippen LogP) is 4.14. The molecular formula is C35H48ClN7O4. The Hall–Kier alpha value is -3.54. The van der Waals surface area contributed by atoms with E-state index in [9.17, 15) is 14.4 Å². The lowest BCUT2D eigenvalue weighted by molar-refractivity contribution is -0.142. The highest BCUT2D eigenvalue weighted by atomic mass is 35.5. The van der Waals surface area contributed by atoms with Gasteiger partial charge in [-0.2, -0.15) is 0 Å². The number of piperidine rings is 2. The number of carbonyl (C=O) groups is 2. The first kappa shape index (κ1) is 33.4. The van der Waals surface area contributed by atoms with E-state index in [0.29, 0.717) is 62.2 Å². The molecule has 3 saturated heterocycles. The van der Waals surface area contributed by atoms with Crippen molar-refractivity contribution in [3.05, 3.63) is 63.0 Å². The second kappa shape index (κ2) is 14.7. The molecule has 254 valence electrons. The smallest absolute Gasteiger partial charge is 0.410 e. The number of likely N-dealkylation sites (tertiary alicyclic amines) is 2. The lowest BCUT2D eigenvalue weighted by Gasteiger charge is -2.39. The highest BCUT2D eigenvalue weighted by Gasteiger charge is 2.35. The van der Waals surface area contributed by atoms with Crippen molar-refractivity contribution in [3.63, 3.8) is 0 Å². The van der Waals surface area contributed by atoms with Gasteiger partial charge >= 0.3 is 11.8 Å². The molecule has 0 spiro atoms. The molecule has 6 rings (SSSR count). The standard InChI is InChI=1S/C35H48ClN7O4/c1-3-25-21-24(22-28(36)32(25)37)23-31(33(44)41-15-9-26(10-16-41)40-14-6-13-39(2)19-20-40)47-35(46)42-17-11-27(12-18-42)43-30-8-5-4-7-29(30)38-34(43)45/h4-5,7-8,21-22,26-27,31H,3,6,9-20,23,37H2,1-2H3,(H,38,45)/t31-/m1/s1. The van der Waals surface area contributed by atoms with Gasteiger partial charge in [-0.1, -0.05) is 36.7 Å². The molecule has 0 bridgehead atoms. The molecule has 0 aliphatic carbocycles. The number of benzene rings is 2. The maximum absolute atomic E-state index is 14.1. The normalized spacial score (nSPS) is 20.0. The maximum Gasteiger partial charge on any atom is 0.410 e. The van der Waals surface area contributed by atoms with E-state index in [2.05, 4.69) is 21.8 Å². The van der Waals surface area contributed by atoms with E-state index in [0.717, 1.165) is 67.6 Å². The fraction of sp³-hybridized carbons (Fsp3) is 0.571. The van der Waals surface area contributed by atoms with Gasteiger partial charge in [0.05, 0.1) is 21.7 Å². The van der Waals surface area contributed by atoms with E-state index in [1.807, 2.05) is 42.2 Å². The number of nitrogens with two attached hydrogens (primary N) is 1. The van der Waals surface area contributed by atoms with Gasteiger partial charge in [0.15, 0.2) is 6.10 Å². The number of fused-ring (bicyclic) bond motifs is 1. The van der Waals surface area contributed by atoms with E-state index < -0.39 is 12.2 Å². The summed E-state index contributed by atoms with van der Waals surface area (Å²) in [5.74, 6) is -0.168. The van der Waals surface area contributed by atoms with Gasteiger partial charge in [-0.3, -0.25) is 14.3 Å². The average molecular weight is 666 g/mol. The zero-order valence-corrected chi connectivity index (χ0v) is 28.4. The van der Waals surface area contributed by atoms with Crippen molar-refractivity contribution in [1.82, 2.24) is 29.2 Å². The molecule has 11 nitrogen and oxygen atoms in total. The van der Waals surface area contributed by atoms with E-state index in [4.69, 9.17) is 22.1 Å². The molecule has 2 aromatic carbocycles. The highest BCUT2D eigenvalue weighted by Crippen LogP contribution is 2.29. The number of amides is 2. The Labute approximate surface area is 281 Å². The van der Waals surface area contributed by atoms with Crippen molar-refractivity contribution in [1.29, 1.82) is 0 Å². The second-order valence-electron chi connectivity index (χ2n) is 13.4. The number of carbonyl (C=O) groups excluding carboxylic acids is 2. The van der Waals surface area contributed by atoms with Crippen molar-refractivity contribution in [3.8, 4) is 0 Å². The largest absolute Gasteiger partial charge is 0.436 e. The Balaban J connectivity index is 1.13. The summed E-state index contributed by atoms with van der Waals surface area (Å²) < 4.78 is 7.87. The molecule has 0 unspecified atom stereocenters. The van der Waals surface area contributed by atoms with Gasteiger partial charge in [-0.05, 0) is 88.0 Å². The first-order valence-electron chi connectivity index (χ1n) is 17.1. The highest BCUT2D eigenvalue weighted by molar-refractivity contribution is 6.33. The topological polar surface area (TPSA) is 120 Å². The number of hydrogen-bond acceptors (Lipinski definition) is 7. The number of H-pyrrole nitrogens is 1. The number of likely N-dealkylation sites (N-methyl/N-ethyl adjacent to an activating group) is 1. The third-order valence-corrected chi connectivity index (χ3v) is 10.7. The number of imidazole rings is 1. The predicted molar refractivity (Wildman–Crippen MR) is 185 cm³/mol. The van der Waals surface area contributed by atoms with Crippen LogP contribution in [0.1, 0.15) is 56.2 Å². The van der Waals surface area contributed by atoms with Crippen LogP contribution in [0, 0.1) is 0 Å². The summed E-state index contributed by atoms with van der Waals surface area (Å²) in [6, 6.07) is 11.8. The lowest BCUT2D eigenvalue weighted by Crippen LogP contribution is -2.51. The van der Waals surface area contributed by atoms with E-state index in [1.54, 1.807) is 15.5 Å². The number of nitrogens with one attached hydrogen (secondary N) is 1. The van der Waals surface area contributed by atoms with Gasteiger partial charge in [0.1, 0.15) is 0 Å². The molecule has 3 aliphatic rings. The van der Waals surface area contributed by atoms with Gasteiger partial charge < -0.3 is 30.2 Å². The SMILES string of the molecule is CCc1cc(C[C@@H](OC(=O)N2CCC(n3c(=O)[nH]c4ccccc43)CC2)C(=O)N2CCC(N3CCCN(C)CC3)CC2)cc(Cl)c1N. The first-order valence-corrected chi connectivity index (χ1v) is 17.5. The van der Waals surface area contributed by atoms with Crippen LogP contribution in [-0.4, -0.2) is 113 Å². The lowest BCUT2D eigenvalue weighted by atomic mass is 9.99. The number of nitrogens with zero attached hydrogens (tertiary/aromatic N) is 5. The van der Waals surface area contributed by atoms with Crippen LogP contribution in [0.25, 0.3) is 11.0 Å². The number of ether oxygens (including phenoxy) is 1. The summed E-state index contributed by atoms with van der Waals surface area (Å²) in [4.78, 5) is 51.9. The fourth-order valence-electron chi connectivity index (χ4n) is 7.57. The molecule has 47 heavy (non-hydrogen) atoms. The second-order valence-corrected chi connectivity index (χ2v) is 13.8. The molecule has 1 atom stereocenters. The van der Waals surface area contributed by atoms with Crippen molar-refractivity contribution in [2.24, 2.45) is 0 Å². The van der Waals surface area contributed by atoms with Crippen LogP contribution in [-0.2, 0) is 22.4 Å². The summed E-state index contributed by atoms with van der Waals surface area (Å²) in [5, 5.41) is 0.440. The third-order valence-electron chi connectivity index (χ3n) is 10.4. The molecule has 3 fully saturated rings. The van der Waals surface area contributed by atoms with Crippen molar-refractivity contribution < 1.29 is 14.3 Å². The summed E-state index contributed by atoms with van der Waals surface area (Å²) >= 11 is 6.48. The number of aromatic amines is 1. The van der Waals surface area contributed by atoms with Gasteiger partial charge in [-0.15, -0.1) is 0 Å². The minimum Gasteiger partial charge on any atom is -0.436 e. The number of hydrogen-bond donors (Lipinski definition) is 2. The number of anilines is 1. The Kier molecular flexibility index (Phi) is 10.4. The summed E-state index contributed by atoms with van der Waals surface area (Å²) in [7, 11) is 2.18. The number of aryl methyl sites for hydroxylation is 1. The van der Waals surface area contributed by atoms with Crippen LogP contribution < -0.4 is 11.4 Å². The molecular weight excluding hydrogens is 618 g/mol. The molecule has 0 radical (unpaired) electrons. The molecule has 2 amide bonds. The third kappa shape index (κ3) is 7.47. The zero-order valence-electron chi connectivity index (χ0n) is 27.6. The van der Waals surface area contributed by atoms with Crippen LogP contribution in [0.3, 0.4) is 0 Å². The Morgan fingerprint density at radius 1 is 0.957 bits per heavy atom. The Morgan fingerprint density at radius 2 is 1.66 bits per heavy atom. The van der Waals surface area contributed by atoms with Crippen molar-refractivity contribution in [2.45, 2.75) is 70.1 Å². The number of nitrogen functional groups attached to an aromatic ring is 1. The van der Waals surface area contributed by atoms with Crippen LogP contribution >= 0.6 is 11.6 Å². The van der Waals surface area contributed by atoms with E-state index in [1.165, 1.54) is 0 Å². The summed E-state index contributed by atoms with van der Waals surface area (Å²) in [6.07, 6.45) is 3.63. The molecule has 0 saturated carbocycles. The number of halogens is 1. The monoisotopic (exact) mass is 665 g/mol. The molecule has 3 aliphatic heterocycles. The minimum absolute atomic E-state index is 0.0320. The number of aromatic nitrogens is 2. The Bertz CT molecular complexity index is 1620. The Morgan fingerprint density at radius 3 is 2.40 bits per heavy atom. The van der Waals surface area contributed by atoms with E-state index >= 15 is 0 Å². The van der Waals surface area contributed by atoms with Crippen molar-refractivity contribution in [2.75, 3.05) is 65.1 Å². The zero-order chi connectivity index (χ0) is 33.1. The maximum atomic E-state index is 14.1. The van der Waals surface area contributed by atoms with Crippen LogP contribution in [0.15, 0.2) is 41.2 Å². The van der Waals surface area contributed by atoms with Crippen LogP contribution in [0.2, 0.25) is 5.02 Å². The van der Waals surface area contributed by atoms with Crippen LogP contribution in [0.4, 0.5) is 10.5 Å². The summed E-state index contributed by atoms with van der Waals surface area (Å²) in [5.41, 5.74) is 9.98. The quantitative estimate of drug-likeness (QED) is 0.364. The minimum atomic E-state index is -0.982. The van der Waals surface area contributed by atoms with Crippen LogP contribution in [0.5, 0.6) is 0 Å². The summed E-state index contributed by atoms with van der Waals surface area (Å²) in [6.45, 7) is 8.47. The molecule has 12 heteroatoms. The van der Waals surface area contributed by atoms with Gasteiger partial charge in [0, 0.05) is 57.8 Å². The number of rotatable bonds is 7. The molecule has 4 heterocycles. The van der Waals surface area contributed by atoms with Gasteiger partial charge in [0.25, 0.3) is 5.91 Å². The van der Waals surface area contributed by atoms with Gasteiger partial charge in [0.2, 0.25) is 0 Å². The molecule has 3 aromatic rings. The van der Waals surface area contributed by atoms with Crippen molar-refractivity contribution >= 4 is 40.3 Å². The molecule has 1 aromatic heterocycles. The van der Waals surface area contributed by atoms with E-state index in [-0.39, 0.29) is 24.1 Å². The average Bonchev–Trinajstić information content (AvgIpc) is 3.26. The fourth-order valence-corrected chi connectivity index (χ4v) is 7.83. The van der Waals surface area contributed by atoms with Gasteiger partial charge in [-0.25, -0.2) is 9.59 Å².